The van der Waals surface area contributed by atoms with Gasteiger partial charge in [0.1, 0.15) is 6.61 Å². The highest BCUT2D eigenvalue weighted by molar-refractivity contribution is 5.28. The summed E-state index contributed by atoms with van der Waals surface area (Å²) in [4.78, 5) is 0. The van der Waals surface area contributed by atoms with Crippen LogP contribution < -0.4 is 10.1 Å². The van der Waals surface area contributed by atoms with E-state index in [1.54, 1.807) is 18.2 Å². The smallest absolute Gasteiger partial charge is 0.165 e. The molecule has 2 aromatic rings. The second-order valence-electron chi connectivity index (χ2n) is 5.02. The van der Waals surface area contributed by atoms with Crippen molar-refractivity contribution in [2.24, 2.45) is 0 Å². The second-order valence-corrected chi connectivity index (χ2v) is 5.02. The fourth-order valence-electron chi connectivity index (χ4n) is 1.90. The SMILES string of the molecule is CC(C)NCc1ccccc1COc1ccccc1F. The van der Waals surface area contributed by atoms with E-state index in [1.807, 2.05) is 18.2 Å². The highest BCUT2D eigenvalue weighted by Crippen LogP contribution is 2.18. The predicted octanol–water partition coefficient (Wildman–Crippen LogP) is 3.90. The van der Waals surface area contributed by atoms with Crippen molar-refractivity contribution in [2.45, 2.75) is 33.0 Å². The summed E-state index contributed by atoms with van der Waals surface area (Å²) in [5, 5.41) is 3.38. The molecule has 0 atom stereocenters. The van der Waals surface area contributed by atoms with Gasteiger partial charge in [-0.3, -0.25) is 0 Å². The van der Waals surface area contributed by atoms with Gasteiger partial charge in [0.15, 0.2) is 11.6 Å². The number of nitrogens with one attached hydrogen (secondary N) is 1. The van der Waals surface area contributed by atoms with Crippen molar-refractivity contribution in [1.82, 2.24) is 5.32 Å². The van der Waals surface area contributed by atoms with Crippen LogP contribution in [0, 0.1) is 5.82 Å². The van der Waals surface area contributed by atoms with Crippen LogP contribution in [-0.4, -0.2) is 6.04 Å². The molecule has 0 spiro atoms. The van der Waals surface area contributed by atoms with Crippen molar-refractivity contribution in [3.8, 4) is 5.75 Å². The van der Waals surface area contributed by atoms with Crippen LogP contribution in [0.3, 0.4) is 0 Å². The first-order valence-electron chi connectivity index (χ1n) is 6.84. The van der Waals surface area contributed by atoms with Crippen molar-refractivity contribution in [3.63, 3.8) is 0 Å². The summed E-state index contributed by atoms with van der Waals surface area (Å²) in [6, 6.07) is 14.9. The molecule has 0 radical (unpaired) electrons. The van der Waals surface area contributed by atoms with E-state index in [9.17, 15) is 4.39 Å². The molecule has 0 saturated carbocycles. The molecule has 0 bridgehead atoms. The van der Waals surface area contributed by atoms with E-state index in [1.165, 1.54) is 11.6 Å². The average Bonchev–Trinajstić information content (AvgIpc) is 2.45. The third-order valence-electron chi connectivity index (χ3n) is 3.04. The lowest BCUT2D eigenvalue weighted by atomic mass is 10.1. The molecule has 0 unspecified atom stereocenters. The molecule has 0 aromatic heterocycles. The Morgan fingerprint density at radius 1 is 1.00 bits per heavy atom. The molecule has 0 saturated heterocycles. The number of hydrogen-bond acceptors (Lipinski definition) is 2. The minimum atomic E-state index is -0.328. The molecule has 3 heteroatoms. The third kappa shape index (κ3) is 4.07. The largest absolute Gasteiger partial charge is 0.486 e. The molecular formula is C17H20FNO. The Hall–Kier alpha value is -1.87. The normalized spacial score (nSPS) is 10.8. The first-order valence-corrected chi connectivity index (χ1v) is 6.84. The fourth-order valence-corrected chi connectivity index (χ4v) is 1.90. The summed E-state index contributed by atoms with van der Waals surface area (Å²) in [6.07, 6.45) is 0. The van der Waals surface area contributed by atoms with Gasteiger partial charge in [0.05, 0.1) is 0 Å². The molecule has 1 N–H and O–H groups in total. The van der Waals surface area contributed by atoms with Crippen LogP contribution in [0.4, 0.5) is 4.39 Å². The highest BCUT2D eigenvalue weighted by Gasteiger charge is 2.06. The van der Waals surface area contributed by atoms with Gasteiger partial charge in [-0.1, -0.05) is 50.2 Å². The minimum Gasteiger partial charge on any atom is -0.486 e. The molecule has 0 aliphatic carbocycles. The van der Waals surface area contributed by atoms with Crippen molar-refractivity contribution in [2.75, 3.05) is 0 Å². The molecule has 2 nitrogen and oxygen atoms in total. The number of halogens is 1. The van der Waals surface area contributed by atoms with E-state index in [2.05, 4.69) is 25.2 Å². The number of hydrogen-bond donors (Lipinski definition) is 1. The number of ether oxygens (including phenoxy) is 1. The van der Waals surface area contributed by atoms with Gasteiger partial charge in [-0.05, 0) is 23.3 Å². The number of benzene rings is 2. The lowest BCUT2D eigenvalue weighted by molar-refractivity contribution is 0.289. The molecule has 0 fully saturated rings. The summed E-state index contributed by atoms with van der Waals surface area (Å²) >= 11 is 0. The summed E-state index contributed by atoms with van der Waals surface area (Å²) in [5.41, 5.74) is 2.25. The summed E-state index contributed by atoms with van der Waals surface area (Å²) in [5.74, 6) is -0.0376. The van der Waals surface area contributed by atoms with E-state index in [0.29, 0.717) is 18.4 Å². The van der Waals surface area contributed by atoms with Gasteiger partial charge in [0.2, 0.25) is 0 Å². The molecule has 2 aromatic carbocycles. The van der Waals surface area contributed by atoms with E-state index < -0.39 is 0 Å². The van der Waals surface area contributed by atoms with E-state index in [0.717, 1.165) is 12.1 Å². The van der Waals surface area contributed by atoms with Crippen molar-refractivity contribution >= 4 is 0 Å². The monoisotopic (exact) mass is 273 g/mol. The topological polar surface area (TPSA) is 21.3 Å². The van der Waals surface area contributed by atoms with Crippen LogP contribution in [0.1, 0.15) is 25.0 Å². The minimum absolute atomic E-state index is 0.291. The van der Waals surface area contributed by atoms with Crippen LogP contribution >= 0.6 is 0 Å². The van der Waals surface area contributed by atoms with E-state index in [4.69, 9.17) is 4.74 Å². The van der Waals surface area contributed by atoms with Crippen LogP contribution in [-0.2, 0) is 13.2 Å². The molecule has 0 aliphatic rings. The summed E-state index contributed by atoms with van der Waals surface area (Å²) in [6.45, 7) is 5.38. The quantitative estimate of drug-likeness (QED) is 0.861. The Bertz CT molecular complexity index is 554. The zero-order chi connectivity index (χ0) is 14.4. The van der Waals surface area contributed by atoms with Gasteiger partial charge < -0.3 is 10.1 Å². The molecule has 0 amide bonds. The average molecular weight is 273 g/mol. The predicted molar refractivity (Wildman–Crippen MR) is 79.1 cm³/mol. The Morgan fingerprint density at radius 3 is 2.35 bits per heavy atom. The van der Waals surface area contributed by atoms with Gasteiger partial charge in [0, 0.05) is 12.6 Å². The Balaban J connectivity index is 2.04. The maximum absolute atomic E-state index is 13.5. The van der Waals surface area contributed by atoms with Crippen molar-refractivity contribution in [1.29, 1.82) is 0 Å². The fraction of sp³-hybridized carbons (Fsp3) is 0.294. The van der Waals surface area contributed by atoms with Crippen LogP contribution in [0.5, 0.6) is 5.75 Å². The van der Waals surface area contributed by atoms with Crippen LogP contribution in [0.25, 0.3) is 0 Å². The molecule has 106 valence electrons. The maximum atomic E-state index is 13.5. The standard InChI is InChI=1S/C17H20FNO/c1-13(2)19-11-14-7-3-4-8-15(14)12-20-17-10-6-5-9-16(17)18/h3-10,13,19H,11-12H2,1-2H3. The van der Waals surface area contributed by atoms with Gasteiger partial charge in [-0.15, -0.1) is 0 Å². The van der Waals surface area contributed by atoms with Gasteiger partial charge in [0.25, 0.3) is 0 Å². The Labute approximate surface area is 119 Å². The molecule has 0 heterocycles. The Kier molecular flexibility index (Phi) is 5.13. The summed E-state index contributed by atoms with van der Waals surface area (Å²) < 4.78 is 19.1. The summed E-state index contributed by atoms with van der Waals surface area (Å²) in [7, 11) is 0. The third-order valence-corrected chi connectivity index (χ3v) is 3.04. The first-order chi connectivity index (χ1) is 9.66. The highest BCUT2D eigenvalue weighted by atomic mass is 19.1. The van der Waals surface area contributed by atoms with E-state index in [-0.39, 0.29) is 5.82 Å². The zero-order valence-electron chi connectivity index (χ0n) is 11.9. The molecule has 20 heavy (non-hydrogen) atoms. The first kappa shape index (κ1) is 14.5. The zero-order valence-corrected chi connectivity index (χ0v) is 11.9. The molecule has 2 rings (SSSR count). The van der Waals surface area contributed by atoms with Crippen molar-refractivity contribution in [3.05, 3.63) is 65.5 Å². The van der Waals surface area contributed by atoms with Gasteiger partial charge in [-0.25, -0.2) is 4.39 Å². The van der Waals surface area contributed by atoms with Crippen molar-refractivity contribution < 1.29 is 9.13 Å². The number of para-hydroxylation sites is 1. The van der Waals surface area contributed by atoms with E-state index >= 15 is 0 Å². The lowest BCUT2D eigenvalue weighted by Gasteiger charge is -2.13. The maximum Gasteiger partial charge on any atom is 0.165 e. The lowest BCUT2D eigenvalue weighted by Crippen LogP contribution is -2.22. The van der Waals surface area contributed by atoms with Crippen LogP contribution in [0.2, 0.25) is 0 Å². The molecule has 0 aliphatic heterocycles. The molecular weight excluding hydrogens is 253 g/mol. The van der Waals surface area contributed by atoms with Crippen LogP contribution in [0.15, 0.2) is 48.5 Å². The Morgan fingerprint density at radius 2 is 1.65 bits per heavy atom. The second kappa shape index (κ2) is 7.06. The van der Waals surface area contributed by atoms with Gasteiger partial charge in [-0.2, -0.15) is 0 Å². The number of rotatable bonds is 6. The van der Waals surface area contributed by atoms with Gasteiger partial charge >= 0.3 is 0 Å².